The van der Waals surface area contributed by atoms with Crippen LogP contribution >= 0.6 is 0 Å². The number of benzene rings is 1. The molecule has 0 bridgehead atoms. The summed E-state index contributed by atoms with van der Waals surface area (Å²) in [5, 5.41) is 9.89. The van der Waals surface area contributed by atoms with Gasteiger partial charge in [0.05, 0.1) is 17.3 Å². The van der Waals surface area contributed by atoms with E-state index in [1.807, 2.05) is 51.4 Å². The van der Waals surface area contributed by atoms with Crippen LogP contribution in [-0.2, 0) is 11.8 Å². The van der Waals surface area contributed by atoms with Crippen molar-refractivity contribution in [2.24, 2.45) is 23.8 Å². The Kier molecular flexibility index (Phi) is 15.1. The summed E-state index contributed by atoms with van der Waals surface area (Å²) in [6.45, 7) is 4.66. The highest BCUT2D eigenvalue weighted by Crippen LogP contribution is 2.29. The molecular formula is C33H42F4N6O. The van der Waals surface area contributed by atoms with Gasteiger partial charge in [0.1, 0.15) is 11.7 Å². The number of aryl methyl sites for hydroxylation is 1. The highest BCUT2D eigenvalue weighted by Gasteiger charge is 2.32. The molecule has 0 spiro atoms. The number of piperidine rings is 1. The number of nitrogens with one attached hydrogen (secondary N) is 1. The van der Waals surface area contributed by atoms with E-state index >= 15 is 0 Å². The molecule has 3 heterocycles. The van der Waals surface area contributed by atoms with Crippen molar-refractivity contribution >= 4 is 22.5 Å². The molecule has 1 aromatic heterocycles. The van der Waals surface area contributed by atoms with E-state index in [9.17, 15) is 22.4 Å². The number of nitrogens with zero attached hydrogens (tertiary/aromatic N) is 4. The first-order chi connectivity index (χ1) is 21.3. The third kappa shape index (κ3) is 9.67. The van der Waals surface area contributed by atoms with Crippen LogP contribution in [0.5, 0.6) is 0 Å². The molecule has 3 N–H and O–H groups in total. The number of aromatic nitrogens is 2. The van der Waals surface area contributed by atoms with Crippen molar-refractivity contribution in [3.05, 3.63) is 77.1 Å². The lowest BCUT2D eigenvalue weighted by Crippen LogP contribution is -2.32. The summed E-state index contributed by atoms with van der Waals surface area (Å²) in [5.74, 6) is -0.991. The number of fused-ring (bicyclic) bond motifs is 2. The van der Waals surface area contributed by atoms with Crippen molar-refractivity contribution in [2.75, 3.05) is 26.6 Å². The highest BCUT2D eigenvalue weighted by atomic mass is 19.3. The lowest BCUT2D eigenvalue weighted by molar-refractivity contribution is -0.114. The molecule has 2 unspecified atom stereocenters. The van der Waals surface area contributed by atoms with Gasteiger partial charge in [-0.1, -0.05) is 44.6 Å². The number of rotatable bonds is 4. The van der Waals surface area contributed by atoms with Crippen molar-refractivity contribution < 1.29 is 22.4 Å². The Labute approximate surface area is 257 Å². The van der Waals surface area contributed by atoms with Crippen molar-refractivity contribution in [3.63, 3.8) is 0 Å². The second-order valence-corrected chi connectivity index (χ2v) is 10.0. The summed E-state index contributed by atoms with van der Waals surface area (Å²) in [6, 6.07) is 6.13. The van der Waals surface area contributed by atoms with E-state index in [2.05, 4.69) is 39.4 Å². The number of halogens is 4. The molecule has 6 rings (SSSR count). The van der Waals surface area contributed by atoms with Gasteiger partial charge in [-0.05, 0) is 56.1 Å². The number of carbonyl (C=O) groups excluding carboxylic acids is 1. The molecule has 7 nitrogen and oxygen atoms in total. The number of allylic oxidation sites excluding steroid dienone is 2. The van der Waals surface area contributed by atoms with Crippen LogP contribution in [0.3, 0.4) is 0 Å². The number of hydrogen-bond acceptors (Lipinski definition) is 5. The largest absolute Gasteiger partial charge is 0.366 e. The molecule has 2 aliphatic carbocycles. The zero-order valence-corrected chi connectivity index (χ0v) is 25.6. The Hall–Kier alpha value is -4.17. The average molecular weight is 615 g/mol. The zero-order valence-electron chi connectivity index (χ0n) is 25.6. The Balaban J connectivity index is 0.000000268. The molecule has 11 heteroatoms. The SMILES string of the molecule is C#C.CC.Cn1cc2cc(C3=NNC4C=CC(C(N)=O)=CC34)ccc2n1.FC1=CCCC(F)=C1CN1CCCCC1.FCF. The van der Waals surface area contributed by atoms with Gasteiger partial charge in [-0.25, -0.2) is 17.6 Å². The number of alkyl halides is 2. The van der Waals surface area contributed by atoms with Gasteiger partial charge in [0.15, 0.2) is 0 Å². The van der Waals surface area contributed by atoms with E-state index < -0.39 is 12.8 Å². The Morgan fingerprint density at radius 2 is 1.82 bits per heavy atom. The van der Waals surface area contributed by atoms with Crippen LogP contribution in [0.1, 0.15) is 51.5 Å². The van der Waals surface area contributed by atoms with E-state index in [4.69, 9.17) is 5.73 Å². The van der Waals surface area contributed by atoms with Gasteiger partial charge in [0.25, 0.3) is 0 Å². The predicted octanol–water partition coefficient (Wildman–Crippen LogP) is 6.35. The van der Waals surface area contributed by atoms with Crippen molar-refractivity contribution in [1.82, 2.24) is 20.1 Å². The standard InChI is InChI=1S/C16H15N5O.C12H17F2N.C2H6.C2H2.CH2F2/c1-21-8-11-6-9(2-4-13(11)20-21)15-12-7-10(16(17)22)3-5-14(12)18-19-15;13-11-5-4-6-12(14)10(11)9-15-7-2-1-3-8-15;2*1-2;2-1-3/h2-8,12,14,18H,1H3,(H2,17,22);5H,1-4,6-9H2;1-2H3;1-2H;1H2. The fourth-order valence-electron chi connectivity index (χ4n) is 5.23. The van der Waals surface area contributed by atoms with Gasteiger partial charge in [-0.15, -0.1) is 12.8 Å². The number of hydrazone groups is 1. The molecule has 4 aliphatic rings. The summed E-state index contributed by atoms with van der Waals surface area (Å²) in [5.41, 5.74) is 12.2. The van der Waals surface area contributed by atoms with Crippen molar-refractivity contribution in [1.29, 1.82) is 0 Å². The maximum atomic E-state index is 13.4. The molecule has 0 saturated carbocycles. The van der Waals surface area contributed by atoms with Crippen molar-refractivity contribution in [3.8, 4) is 12.8 Å². The fraction of sp³-hybridized carbons (Fsp3) is 0.424. The molecule has 0 radical (unpaired) electrons. The Morgan fingerprint density at radius 3 is 2.45 bits per heavy atom. The Morgan fingerprint density at radius 1 is 1.14 bits per heavy atom. The molecular weight excluding hydrogens is 572 g/mol. The number of hydrogen-bond donors (Lipinski definition) is 2. The normalized spacial score (nSPS) is 20.3. The van der Waals surface area contributed by atoms with Crippen LogP contribution in [0.15, 0.2) is 76.6 Å². The van der Waals surface area contributed by atoms with Crippen LogP contribution < -0.4 is 11.2 Å². The molecule has 2 aliphatic heterocycles. The molecule has 238 valence electrons. The zero-order chi connectivity index (χ0) is 32.6. The molecule has 1 fully saturated rings. The van der Waals surface area contributed by atoms with Crippen molar-refractivity contribution in [2.45, 2.75) is 52.0 Å². The minimum Gasteiger partial charge on any atom is -0.366 e. The lowest BCUT2D eigenvalue weighted by Gasteiger charge is -2.27. The van der Waals surface area contributed by atoms with E-state index in [1.165, 1.54) is 12.5 Å². The van der Waals surface area contributed by atoms with Gasteiger partial charge >= 0.3 is 0 Å². The Bertz CT molecular complexity index is 1420. The number of nitrogens with two attached hydrogens (primary N) is 1. The van der Waals surface area contributed by atoms with Crippen LogP contribution in [-0.4, -0.2) is 58.9 Å². The van der Waals surface area contributed by atoms with Crippen LogP contribution in [0.25, 0.3) is 10.9 Å². The van der Waals surface area contributed by atoms with E-state index in [0.717, 1.165) is 48.1 Å². The fourth-order valence-corrected chi connectivity index (χ4v) is 5.23. The average Bonchev–Trinajstić information content (AvgIpc) is 3.64. The van der Waals surface area contributed by atoms with Crippen LogP contribution in [0.2, 0.25) is 0 Å². The first-order valence-electron chi connectivity index (χ1n) is 14.7. The van der Waals surface area contributed by atoms with Gasteiger partial charge in [0.2, 0.25) is 12.8 Å². The summed E-state index contributed by atoms with van der Waals surface area (Å²) in [6.07, 6.45) is 21.5. The van der Waals surface area contributed by atoms with E-state index in [0.29, 0.717) is 30.5 Å². The predicted molar refractivity (Wildman–Crippen MR) is 169 cm³/mol. The number of carbonyl (C=O) groups is 1. The smallest absolute Gasteiger partial charge is 0.248 e. The molecule has 2 atom stereocenters. The van der Waals surface area contributed by atoms with E-state index in [-0.39, 0.29) is 23.6 Å². The second kappa shape index (κ2) is 18.5. The molecule has 1 aromatic carbocycles. The summed E-state index contributed by atoms with van der Waals surface area (Å²) >= 11 is 0. The minimum absolute atomic E-state index is 0.0154. The first-order valence-corrected chi connectivity index (χ1v) is 14.7. The van der Waals surface area contributed by atoms with Gasteiger partial charge < -0.3 is 11.2 Å². The second-order valence-electron chi connectivity index (χ2n) is 10.0. The minimum atomic E-state index is -1.75. The first kappa shape index (κ1) is 36.0. The summed E-state index contributed by atoms with van der Waals surface area (Å²) in [7, 11) is 1.90. The third-order valence-corrected chi connectivity index (χ3v) is 7.21. The number of likely N-dealkylation sites (tertiary alicyclic amines) is 1. The molecule has 2 aromatic rings. The summed E-state index contributed by atoms with van der Waals surface area (Å²) < 4.78 is 47.9. The van der Waals surface area contributed by atoms with Gasteiger partial charge in [0, 0.05) is 48.7 Å². The molecule has 1 amide bonds. The molecule has 44 heavy (non-hydrogen) atoms. The molecule has 1 saturated heterocycles. The summed E-state index contributed by atoms with van der Waals surface area (Å²) in [4.78, 5) is 13.5. The number of terminal acetylenes is 1. The highest BCUT2D eigenvalue weighted by molar-refractivity contribution is 6.08. The maximum Gasteiger partial charge on any atom is 0.248 e. The van der Waals surface area contributed by atoms with Gasteiger partial charge in [-0.3, -0.25) is 14.4 Å². The maximum absolute atomic E-state index is 13.4. The lowest BCUT2D eigenvalue weighted by atomic mass is 9.86. The van der Waals surface area contributed by atoms with Gasteiger partial charge in [-0.2, -0.15) is 10.2 Å². The van der Waals surface area contributed by atoms with Crippen LogP contribution in [0, 0.1) is 18.8 Å². The number of primary amides is 1. The van der Waals surface area contributed by atoms with E-state index in [1.54, 1.807) is 10.8 Å². The third-order valence-electron chi connectivity index (χ3n) is 7.21. The van der Waals surface area contributed by atoms with Crippen LogP contribution in [0.4, 0.5) is 17.6 Å². The monoisotopic (exact) mass is 614 g/mol. The topological polar surface area (TPSA) is 88.5 Å². The number of amides is 1. The quantitative estimate of drug-likeness (QED) is 0.311.